The second-order valence-electron chi connectivity index (χ2n) is 9.03. The van der Waals surface area contributed by atoms with Gasteiger partial charge in [0.15, 0.2) is 0 Å². The first-order valence-electron chi connectivity index (χ1n) is 9.52. The predicted octanol–water partition coefficient (Wildman–Crippen LogP) is 6.25. The monoisotopic (exact) mass is 488 g/mol. The lowest BCUT2D eigenvalue weighted by molar-refractivity contribution is -0.00793. The maximum absolute atomic E-state index is 12.9. The Balaban J connectivity index is 3.17. The van der Waals surface area contributed by atoms with Crippen LogP contribution in [0, 0.1) is 14.4 Å². The molecule has 0 amide bonds. The molecule has 0 aliphatic carbocycles. The molecule has 2 unspecified atom stereocenters. The van der Waals surface area contributed by atoms with Crippen LogP contribution in [-0.4, -0.2) is 24.1 Å². The van der Waals surface area contributed by atoms with Gasteiger partial charge in [0, 0.05) is 3.57 Å². The second-order valence-corrected chi connectivity index (χ2v) is 10.3. The minimum atomic E-state index is -0.482. The smallest absolute Gasteiger partial charge is 0.339 e. The van der Waals surface area contributed by atoms with Crippen molar-refractivity contribution in [2.75, 3.05) is 0 Å². The van der Waals surface area contributed by atoms with Crippen molar-refractivity contribution in [1.82, 2.24) is 0 Å². The van der Waals surface area contributed by atoms with E-state index in [4.69, 9.17) is 9.47 Å². The average Bonchev–Trinajstić information content (AvgIpc) is 2.54. The summed E-state index contributed by atoms with van der Waals surface area (Å²) in [5.74, 6) is -0.963. The molecule has 0 N–H and O–H groups in total. The molecule has 0 fully saturated rings. The number of carbonyl (C=O) groups excluding carboxylic acids is 2. The summed E-state index contributed by atoms with van der Waals surface area (Å²) in [4.78, 5) is 25.7. The van der Waals surface area contributed by atoms with Crippen LogP contribution in [-0.2, 0) is 9.47 Å². The summed E-state index contributed by atoms with van der Waals surface area (Å²) in [5.41, 5.74) is 0.172. The van der Waals surface area contributed by atoms with Gasteiger partial charge in [-0.2, -0.15) is 0 Å². The van der Waals surface area contributed by atoms with Crippen molar-refractivity contribution in [2.24, 2.45) is 10.8 Å². The second kappa shape index (κ2) is 9.39. The average molecular weight is 488 g/mol. The van der Waals surface area contributed by atoms with E-state index in [0.717, 1.165) is 3.57 Å². The quantitative estimate of drug-likeness (QED) is 0.351. The van der Waals surface area contributed by atoms with Gasteiger partial charge in [0.05, 0.1) is 11.1 Å². The summed E-state index contributed by atoms with van der Waals surface area (Å²) in [6, 6.07) is 5.13. The normalized spacial score (nSPS) is 14.4. The highest BCUT2D eigenvalue weighted by molar-refractivity contribution is 14.1. The Morgan fingerprint density at radius 3 is 1.63 bits per heavy atom. The Labute approximate surface area is 177 Å². The van der Waals surface area contributed by atoms with Gasteiger partial charge in [0.1, 0.15) is 12.2 Å². The van der Waals surface area contributed by atoms with Gasteiger partial charge in [-0.05, 0) is 64.5 Å². The Morgan fingerprint density at radius 2 is 1.26 bits per heavy atom. The molecule has 27 heavy (non-hydrogen) atoms. The minimum Gasteiger partial charge on any atom is -0.458 e. The first kappa shape index (κ1) is 23.9. The lowest BCUT2D eigenvalue weighted by Gasteiger charge is -2.30. The van der Waals surface area contributed by atoms with Crippen LogP contribution >= 0.6 is 22.6 Å². The van der Waals surface area contributed by atoms with Crippen LogP contribution in [0.1, 0.15) is 88.9 Å². The van der Waals surface area contributed by atoms with Crippen molar-refractivity contribution in [3.63, 3.8) is 0 Å². The van der Waals surface area contributed by atoms with E-state index in [2.05, 4.69) is 22.6 Å². The van der Waals surface area contributed by atoms with Gasteiger partial charge < -0.3 is 9.47 Å². The van der Waals surface area contributed by atoms with Crippen molar-refractivity contribution in [1.29, 1.82) is 0 Å². The van der Waals surface area contributed by atoms with Crippen LogP contribution in [0.5, 0.6) is 0 Å². The van der Waals surface area contributed by atoms with Crippen LogP contribution in [0.15, 0.2) is 18.2 Å². The van der Waals surface area contributed by atoms with Gasteiger partial charge in [-0.15, -0.1) is 0 Å². The highest BCUT2D eigenvalue weighted by atomic mass is 127. The topological polar surface area (TPSA) is 52.6 Å². The standard InChI is InChI=1S/C22H33IO4/c1-9-17(21(3,4)5)26-19(24)15-12-11-14(23)13-16(15)20(25)27-18(10-2)22(6,7)8/h11-13,17-18H,9-10H2,1-8H3. The molecule has 0 saturated carbocycles. The summed E-state index contributed by atoms with van der Waals surface area (Å²) in [6.07, 6.45) is 0.957. The van der Waals surface area contributed by atoms with E-state index in [1.165, 1.54) is 0 Å². The number of hydrogen-bond donors (Lipinski definition) is 0. The largest absolute Gasteiger partial charge is 0.458 e. The van der Waals surface area contributed by atoms with Crippen molar-refractivity contribution in [3.8, 4) is 0 Å². The summed E-state index contributed by atoms with van der Waals surface area (Å²) in [5, 5.41) is 0. The van der Waals surface area contributed by atoms with E-state index in [0.29, 0.717) is 12.8 Å². The molecule has 0 spiro atoms. The summed E-state index contributed by atoms with van der Waals surface area (Å²) in [7, 11) is 0. The first-order valence-corrected chi connectivity index (χ1v) is 10.6. The Hall–Kier alpha value is -1.11. The fraction of sp³-hybridized carbons (Fsp3) is 0.636. The molecule has 0 aromatic heterocycles. The van der Waals surface area contributed by atoms with E-state index < -0.39 is 11.9 Å². The SMILES string of the molecule is CCC(OC(=O)c1ccc(I)cc1C(=O)OC(CC)C(C)(C)C)C(C)(C)C. The highest BCUT2D eigenvalue weighted by Gasteiger charge is 2.31. The zero-order valence-corrected chi connectivity index (χ0v) is 20.0. The Bertz CT molecular complexity index is 668. The maximum atomic E-state index is 12.9. The van der Waals surface area contributed by atoms with E-state index in [-0.39, 0.29) is 34.2 Å². The first-order chi connectivity index (χ1) is 12.3. The third-order valence-electron chi connectivity index (χ3n) is 4.59. The number of esters is 2. The zero-order valence-electron chi connectivity index (χ0n) is 17.8. The van der Waals surface area contributed by atoms with Gasteiger partial charge in [-0.25, -0.2) is 9.59 Å². The molecule has 1 aromatic carbocycles. The summed E-state index contributed by atoms with van der Waals surface area (Å²) < 4.78 is 12.3. The van der Waals surface area contributed by atoms with E-state index in [9.17, 15) is 9.59 Å². The number of halogens is 1. The molecule has 0 aliphatic heterocycles. The van der Waals surface area contributed by atoms with E-state index in [1.54, 1.807) is 18.2 Å². The van der Waals surface area contributed by atoms with Gasteiger partial charge in [-0.3, -0.25) is 0 Å². The van der Waals surface area contributed by atoms with E-state index in [1.807, 2.05) is 55.4 Å². The van der Waals surface area contributed by atoms with Crippen LogP contribution in [0.2, 0.25) is 0 Å². The van der Waals surface area contributed by atoms with Crippen molar-refractivity contribution < 1.29 is 19.1 Å². The van der Waals surface area contributed by atoms with Crippen LogP contribution in [0.25, 0.3) is 0 Å². The lowest BCUT2D eigenvalue weighted by atomic mass is 9.87. The zero-order chi connectivity index (χ0) is 21.0. The number of benzene rings is 1. The predicted molar refractivity (Wildman–Crippen MR) is 117 cm³/mol. The molecule has 1 rings (SSSR count). The van der Waals surface area contributed by atoms with Gasteiger partial charge in [-0.1, -0.05) is 55.4 Å². The summed E-state index contributed by atoms with van der Waals surface area (Å²) >= 11 is 2.12. The Kier molecular flexibility index (Phi) is 8.32. The number of hydrogen-bond acceptors (Lipinski definition) is 4. The molecule has 0 heterocycles. The van der Waals surface area contributed by atoms with Gasteiger partial charge >= 0.3 is 11.9 Å². The number of carbonyl (C=O) groups is 2. The summed E-state index contributed by atoms with van der Waals surface area (Å²) in [6.45, 7) is 16.2. The van der Waals surface area contributed by atoms with Crippen molar-refractivity contribution in [3.05, 3.63) is 32.9 Å². The molecule has 0 saturated heterocycles. The van der Waals surface area contributed by atoms with Gasteiger partial charge in [0.25, 0.3) is 0 Å². The fourth-order valence-corrected chi connectivity index (χ4v) is 3.48. The number of ether oxygens (including phenoxy) is 2. The highest BCUT2D eigenvalue weighted by Crippen LogP contribution is 2.29. The molecule has 2 atom stereocenters. The third-order valence-corrected chi connectivity index (χ3v) is 5.26. The van der Waals surface area contributed by atoms with Crippen molar-refractivity contribution >= 4 is 34.5 Å². The molecule has 152 valence electrons. The molecule has 4 nitrogen and oxygen atoms in total. The van der Waals surface area contributed by atoms with Crippen LogP contribution in [0.4, 0.5) is 0 Å². The van der Waals surface area contributed by atoms with Crippen LogP contribution in [0.3, 0.4) is 0 Å². The van der Waals surface area contributed by atoms with E-state index >= 15 is 0 Å². The Morgan fingerprint density at radius 1 is 0.852 bits per heavy atom. The molecule has 0 bridgehead atoms. The minimum absolute atomic E-state index is 0.173. The number of rotatable bonds is 6. The lowest BCUT2D eigenvalue weighted by Crippen LogP contribution is -2.33. The van der Waals surface area contributed by atoms with Crippen LogP contribution < -0.4 is 0 Å². The molecule has 0 aliphatic rings. The maximum Gasteiger partial charge on any atom is 0.339 e. The molecule has 0 radical (unpaired) electrons. The molecule has 1 aromatic rings. The fourth-order valence-electron chi connectivity index (χ4n) is 2.99. The van der Waals surface area contributed by atoms with Gasteiger partial charge in [0.2, 0.25) is 0 Å². The van der Waals surface area contributed by atoms with Crippen molar-refractivity contribution in [2.45, 2.75) is 80.4 Å². The molecule has 5 heteroatoms. The molecular formula is C22H33IO4. The molecular weight excluding hydrogens is 455 g/mol. The third kappa shape index (κ3) is 6.77.